The predicted molar refractivity (Wildman–Crippen MR) is 67.9 cm³/mol. The number of halogens is 2. The molecule has 0 heterocycles. The highest BCUT2D eigenvalue weighted by atomic mass is 19.3. The van der Waals surface area contributed by atoms with E-state index >= 15 is 0 Å². The number of ether oxygens (including phenoxy) is 1. The number of nitrogens with two attached hydrogens (primary N) is 1. The van der Waals surface area contributed by atoms with E-state index in [1.165, 1.54) is 6.07 Å². The van der Waals surface area contributed by atoms with Crippen LogP contribution in [0.25, 0.3) is 0 Å². The number of benzene rings is 1. The molecule has 0 aliphatic rings. The second-order valence-electron chi connectivity index (χ2n) is 4.44. The summed E-state index contributed by atoms with van der Waals surface area (Å²) in [6, 6.07) is 4.85. The van der Waals surface area contributed by atoms with E-state index in [0.717, 1.165) is 5.56 Å². The van der Waals surface area contributed by atoms with Gasteiger partial charge in [0.05, 0.1) is 0 Å². The standard InChI is InChI=1S/C13H18F2N2O2/c1-8-3-4-11(19-13(14)15)10(5-8)7-17-9(2)6-12(16)18/h3-5,9,13,17H,6-7H2,1-2H3,(H2,16,18)/t9-/m0/s1. The molecule has 0 aliphatic heterocycles. The highest BCUT2D eigenvalue weighted by molar-refractivity contribution is 5.74. The van der Waals surface area contributed by atoms with Gasteiger partial charge in [0.2, 0.25) is 5.91 Å². The Morgan fingerprint density at radius 2 is 2.16 bits per heavy atom. The largest absolute Gasteiger partial charge is 0.434 e. The summed E-state index contributed by atoms with van der Waals surface area (Å²) in [7, 11) is 0. The van der Waals surface area contributed by atoms with Gasteiger partial charge < -0.3 is 15.8 Å². The summed E-state index contributed by atoms with van der Waals surface area (Å²) in [6.07, 6.45) is 0.191. The third-order valence-corrected chi connectivity index (χ3v) is 2.58. The molecule has 1 amide bonds. The first-order valence-corrected chi connectivity index (χ1v) is 5.94. The third-order valence-electron chi connectivity index (χ3n) is 2.58. The van der Waals surface area contributed by atoms with Gasteiger partial charge >= 0.3 is 6.61 Å². The zero-order valence-electron chi connectivity index (χ0n) is 11.0. The molecule has 4 nitrogen and oxygen atoms in total. The molecular weight excluding hydrogens is 254 g/mol. The smallest absolute Gasteiger partial charge is 0.387 e. The molecule has 0 fully saturated rings. The van der Waals surface area contributed by atoms with Crippen molar-refractivity contribution in [3.8, 4) is 5.75 Å². The molecule has 0 aliphatic carbocycles. The maximum atomic E-state index is 12.3. The maximum Gasteiger partial charge on any atom is 0.387 e. The van der Waals surface area contributed by atoms with Crippen LogP contribution in [0.2, 0.25) is 0 Å². The van der Waals surface area contributed by atoms with E-state index in [-0.39, 0.29) is 18.2 Å². The number of carbonyl (C=O) groups excluding carboxylic acids is 1. The van der Waals surface area contributed by atoms with Crippen LogP contribution in [0.4, 0.5) is 8.78 Å². The molecule has 0 spiro atoms. The van der Waals surface area contributed by atoms with Gasteiger partial charge in [0, 0.05) is 24.6 Å². The molecule has 1 rings (SSSR count). The Hall–Kier alpha value is -1.69. The number of hydrogen-bond donors (Lipinski definition) is 2. The van der Waals surface area contributed by atoms with Gasteiger partial charge in [-0.05, 0) is 19.9 Å². The second-order valence-corrected chi connectivity index (χ2v) is 4.44. The number of amides is 1. The summed E-state index contributed by atoms with van der Waals surface area (Å²) in [6.45, 7) is 1.14. The van der Waals surface area contributed by atoms with E-state index in [1.54, 1.807) is 19.1 Å². The van der Waals surface area contributed by atoms with Crippen molar-refractivity contribution in [1.29, 1.82) is 0 Å². The molecule has 6 heteroatoms. The van der Waals surface area contributed by atoms with Crippen molar-refractivity contribution in [2.45, 2.75) is 39.5 Å². The fraction of sp³-hybridized carbons (Fsp3) is 0.462. The first-order valence-electron chi connectivity index (χ1n) is 5.94. The van der Waals surface area contributed by atoms with E-state index in [0.29, 0.717) is 12.1 Å². The Morgan fingerprint density at radius 3 is 2.74 bits per heavy atom. The maximum absolute atomic E-state index is 12.3. The van der Waals surface area contributed by atoms with Crippen LogP contribution in [0.5, 0.6) is 5.75 Å². The molecule has 0 saturated heterocycles. The Labute approximate surface area is 110 Å². The predicted octanol–water partition coefficient (Wildman–Crippen LogP) is 1.95. The van der Waals surface area contributed by atoms with E-state index in [1.807, 2.05) is 6.92 Å². The van der Waals surface area contributed by atoms with Crippen molar-refractivity contribution in [2.24, 2.45) is 5.73 Å². The van der Waals surface area contributed by atoms with Crippen molar-refractivity contribution in [1.82, 2.24) is 5.32 Å². The summed E-state index contributed by atoms with van der Waals surface area (Å²) >= 11 is 0. The molecule has 19 heavy (non-hydrogen) atoms. The Bertz CT molecular complexity index is 439. The van der Waals surface area contributed by atoms with Gasteiger partial charge in [-0.2, -0.15) is 8.78 Å². The van der Waals surface area contributed by atoms with E-state index in [9.17, 15) is 13.6 Å². The first-order chi connectivity index (χ1) is 8.88. The SMILES string of the molecule is Cc1ccc(OC(F)F)c(CN[C@@H](C)CC(N)=O)c1. The Morgan fingerprint density at radius 1 is 1.47 bits per heavy atom. The van der Waals surface area contributed by atoms with Gasteiger partial charge in [-0.3, -0.25) is 4.79 Å². The molecule has 0 bridgehead atoms. The summed E-state index contributed by atoms with van der Waals surface area (Å²) in [5.41, 5.74) is 6.65. The molecular formula is C13H18F2N2O2. The number of aryl methyl sites for hydroxylation is 1. The molecule has 0 aromatic heterocycles. The number of primary amides is 1. The lowest BCUT2D eigenvalue weighted by Crippen LogP contribution is -2.30. The van der Waals surface area contributed by atoms with E-state index in [2.05, 4.69) is 10.1 Å². The molecule has 0 saturated carbocycles. The van der Waals surface area contributed by atoms with Crippen molar-refractivity contribution in [3.05, 3.63) is 29.3 Å². The van der Waals surface area contributed by atoms with Crippen LogP contribution >= 0.6 is 0 Å². The van der Waals surface area contributed by atoms with Crippen LogP contribution in [-0.2, 0) is 11.3 Å². The molecule has 0 unspecified atom stereocenters. The number of alkyl halides is 2. The summed E-state index contributed by atoms with van der Waals surface area (Å²) in [5.74, 6) is -0.271. The molecule has 0 radical (unpaired) electrons. The van der Waals surface area contributed by atoms with Crippen LogP contribution in [0.3, 0.4) is 0 Å². The van der Waals surface area contributed by atoms with E-state index in [4.69, 9.17) is 5.73 Å². The molecule has 1 atom stereocenters. The Balaban J connectivity index is 2.70. The van der Waals surface area contributed by atoms with Gasteiger partial charge in [-0.15, -0.1) is 0 Å². The highest BCUT2D eigenvalue weighted by Crippen LogP contribution is 2.22. The second kappa shape index (κ2) is 7.04. The van der Waals surface area contributed by atoms with Crippen molar-refractivity contribution >= 4 is 5.91 Å². The lowest BCUT2D eigenvalue weighted by molar-refractivity contribution is -0.118. The molecule has 3 N–H and O–H groups in total. The van der Waals surface area contributed by atoms with Gasteiger partial charge in [-0.25, -0.2) is 0 Å². The van der Waals surface area contributed by atoms with Gasteiger partial charge in [0.25, 0.3) is 0 Å². The summed E-state index contributed by atoms with van der Waals surface area (Å²) in [4.78, 5) is 10.7. The van der Waals surface area contributed by atoms with Gasteiger partial charge in [0.15, 0.2) is 0 Å². The van der Waals surface area contributed by atoms with Crippen LogP contribution in [0.1, 0.15) is 24.5 Å². The van der Waals surface area contributed by atoms with Crippen molar-refractivity contribution < 1.29 is 18.3 Å². The highest BCUT2D eigenvalue weighted by Gasteiger charge is 2.11. The number of rotatable bonds is 7. The normalized spacial score (nSPS) is 12.5. The van der Waals surface area contributed by atoms with Gasteiger partial charge in [-0.1, -0.05) is 17.7 Å². The van der Waals surface area contributed by atoms with Gasteiger partial charge in [0.1, 0.15) is 5.75 Å². The lowest BCUT2D eigenvalue weighted by Gasteiger charge is -2.15. The zero-order valence-corrected chi connectivity index (χ0v) is 11.0. The quantitative estimate of drug-likeness (QED) is 0.797. The lowest BCUT2D eigenvalue weighted by atomic mass is 10.1. The first kappa shape index (κ1) is 15.4. The molecule has 106 valence electrons. The topological polar surface area (TPSA) is 64.3 Å². The van der Waals surface area contributed by atoms with Crippen molar-refractivity contribution in [2.75, 3.05) is 0 Å². The van der Waals surface area contributed by atoms with Crippen molar-refractivity contribution in [3.63, 3.8) is 0 Å². The number of nitrogens with one attached hydrogen (secondary N) is 1. The molecule has 1 aromatic carbocycles. The number of carbonyl (C=O) groups is 1. The zero-order chi connectivity index (χ0) is 14.4. The average Bonchev–Trinajstić information content (AvgIpc) is 2.28. The van der Waals surface area contributed by atoms with Crippen LogP contribution in [0.15, 0.2) is 18.2 Å². The summed E-state index contributed by atoms with van der Waals surface area (Å²) in [5, 5.41) is 3.05. The summed E-state index contributed by atoms with van der Waals surface area (Å²) < 4.78 is 29.0. The minimum absolute atomic E-state index is 0.127. The average molecular weight is 272 g/mol. The van der Waals surface area contributed by atoms with Crippen LogP contribution in [0, 0.1) is 6.92 Å². The third kappa shape index (κ3) is 5.65. The van der Waals surface area contributed by atoms with Crippen LogP contribution in [-0.4, -0.2) is 18.6 Å². The van der Waals surface area contributed by atoms with E-state index < -0.39 is 12.5 Å². The minimum Gasteiger partial charge on any atom is -0.434 e. The molecule has 1 aromatic rings. The minimum atomic E-state index is -2.86. The van der Waals surface area contributed by atoms with Crippen LogP contribution < -0.4 is 15.8 Å². The Kier molecular flexibility index (Phi) is 5.69. The fourth-order valence-electron chi connectivity index (χ4n) is 1.72. The fourth-order valence-corrected chi connectivity index (χ4v) is 1.72. The number of hydrogen-bond acceptors (Lipinski definition) is 3. The monoisotopic (exact) mass is 272 g/mol.